The number of hydrogen-bond acceptors (Lipinski definition) is 7. The SMILES string of the molecule is CCCCCCCCCCCCC[C@H](O)[C@H]1CC[C@H]([C@H]2CC[C@H]([C@H](O)CCCCCCC[C@@H](O)CC3=C[C@H](C)OC3=O)O2)O1. The molecule has 7 nitrogen and oxygen atoms in total. The minimum atomic E-state index is -0.495. The minimum absolute atomic E-state index is 0.0327. The number of aliphatic hydroxyl groups is 3. The van der Waals surface area contributed by atoms with Crippen LogP contribution in [0.3, 0.4) is 0 Å². The third-order valence-corrected chi connectivity index (χ3v) is 10.0. The molecule has 0 amide bonds. The van der Waals surface area contributed by atoms with Gasteiger partial charge >= 0.3 is 5.97 Å². The first kappa shape index (κ1) is 37.5. The summed E-state index contributed by atoms with van der Waals surface area (Å²) >= 11 is 0. The zero-order valence-electron chi connectivity index (χ0n) is 28.1. The van der Waals surface area contributed by atoms with Crippen molar-refractivity contribution in [1.82, 2.24) is 0 Å². The number of carbonyl (C=O) groups is 1. The Morgan fingerprint density at radius 1 is 0.659 bits per heavy atom. The predicted molar refractivity (Wildman–Crippen MR) is 175 cm³/mol. The molecular formula is C37H66O7. The molecule has 0 radical (unpaired) electrons. The molecule has 0 saturated carbocycles. The Morgan fingerprint density at radius 2 is 1.09 bits per heavy atom. The van der Waals surface area contributed by atoms with Gasteiger partial charge in [-0.15, -0.1) is 0 Å². The van der Waals surface area contributed by atoms with Crippen LogP contribution in [0.1, 0.15) is 168 Å². The maximum Gasteiger partial charge on any atom is 0.334 e. The Balaban J connectivity index is 1.15. The van der Waals surface area contributed by atoms with Crippen molar-refractivity contribution in [3.63, 3.8) is 0 Å². The molecule has 3 heterocycles. The first-order chi connectivity index (χ1) is 21.4. The number of esters is 1. The molecule has 0 bridgehead atoms. The third-order valence-electron chi connectivity index (χ3n) is 10.0. The van der Waals surface area contributed by atoms with Crippen LogP contribution in [0.25, 0.3) is 0 Å². The first-order valence-corrected chi connectivity index (χ1v) is 18.6. The second-order valence-corrected chi connectivity index (χ2v) is 14.0. The molecule has 0 aromatic heterocycles. The molecule has 3 N–H and O–H groups in total. The lowest BCUT2D eigenvalue weighted by Crippen LogP contribution is -2.33. The fraction of sp³-hybridized carbons (Fsp3) is 0.919. The van der Waals surface area contributed by atoms with Crippen LogP contribution in [0.5, 0.6) is 0 Å². The van der Waals surface area contributed by atoms with Crippen molar-refractivity contribution < 1.29 is 34.3 Å². The molecule has 3 rings (SSSR count). The average molecular weight is 623 g/mol. The highest BCUT2D eigenvalue weighted by Gasteiger charge is 2.40. The van der Waals surface area contributed by atoms with Gasteiger partial charge in [-0.25, -0.2) is 4.79 Å². The number of cyclic esters (lactones) is 1. The smallest absolute Gasteiger partial charge is 0.334 e. The van der Waals surface area contributed by atoms with Crippen LogP contribution in [0.2, 0.25) is 0 Å². The van der Waals surface area contributed by atoms with Crippen molar-refractivity contribution in [2.24, 2.45) is 0 Å². The summed E-state index contributed by atoms with van der Waals surface area (Å²) in [6.45, 7) is 4.10. The number of unbranched alkanes of at least 4 members (excludes halogenated alkanes) is 14. The highest BCUT2D eigenvalue weighted by Crippen LogP contribution is 2.34. The maximum atomic E-state index is 11.7. The number of ether oxygens (including phenoxy) is 3. The van der Waals surface area contributed by atoms with Crippen LogP contribution in [0.15, 0.2) is 11.6 Å². The zero-order chi connectivity index (χ0) is 31.6. The molecule has 0 unspecified atom stereocenters. The molecule has 8 atom stereocenters. The van der Waals surface area contributed by atoms with E-state index in [1.807, 2.05) is 6.92 Å². The summed E-state index contributed by atoms with van der Waals surface area (Å²) in [6.07, 6.45) is 26.0. The van der Waals surface area contributed by atoms with Gasteiger partial charge in [-0.3, -0.25) is 0 Å². The van der Waals surface area contributed by atoms with Crippen molar-refractivity contribution in [3.8, 4) is 0 Å². The predicted octanol–water partition coefficient (Wildman–Crippen LogP) is 7.86. The summed E-state index contributed by atoms with van der Waals surface area (Å²) < 4.78 is 17.7. The molecule has 7 heteroatoms. The van der Waals surface area contributed by atoms with E-state index in [0.29, 0.717) is 18.4 Å². The molecular weight excluding hydrogens is 556 g/mol. The summed E-state index contributed by atoms with van der Waals surface area (Å²) in [6, 6.07) is 0. The van der Waals surface area contributed by atoms with Gasteiger partial charge in [0, 0.05) is 12.0 Å². The Bertz CT molecular complexity index is 801. The number of aliphatic hydroxyl groups excluding tert-OH is 3. The van der Waals surface area contributed by atoms with Gasteiger partial charge in [-0.2, -0.15) is 0 Å². The second-order valence-electron chi connectivity index (χ2n) is 14.0. The van der Waals surface area contributed by atoms with E-state index in [0.717, 1.165) is 77.0 Å². The maximum absolute atomic E-state index is 11.7. The van der Waals surface area contributed by atoms with Gasteiger partial charge in [0.2, 0.25) is 0 Å². The van der Waals surface area contributed by atoms with Gasteiger partial charge in [-0.05, 0) is 57.9 Å². The van der Waals surface area contributed by atoms with Gasteiger partial charge in [0.25, 0.3) is 0 Å². The molecule has 3 aliphatic rings. The van der Waals surface area contributed by atoms with Gasteiger partial charge < -0.3 is 29.5 Å². The number of rotatable bonds is 25. The molecule has 44 heavy (non-hydrogen) atoms. The lowest BCUT2D eigenvalue weighted by atomic mass is 9.99. The fourth-order valence-electron chi connectivity index (χ4n) is 7.28. The van der Waals surface area contributed by atoms with E-state index in [2.05, 4.69) is 6.92 Å². The molecule has 0 aliphatic carbocycles. The lowest BCUT2D eigenvalue weighted by molar-refractivity contribution is -0.139. The van der Waals surface area contributed by atoms with Crippen LogP contribution in [-0.4, -0.2) is 70.1 Å². The Kier molecular flexibility index (Phi) is 18.5. The van der Waals surface area contributed by atoms with Crippen LogP contribution >= 0.6 is 0 Å². The van der Waals surface area contributed by atoms with Crippen LogP contribution < -0.4 is 0 Å². The van der Waals surface area contributed by atoms with E-state index in [4.69, 9.17) is 14.2 Å². The fourth-order valence-corrected chi connectivity index (χ4v) is 7.28. The van der Waals surface area contributed by atoms with Gasteiger partial charge in [0.15, 0.2) is 0 Å². The molecule has 256 valence electrons. The monoisotopic (exact) mass is 622 g/mol. The van der Waals surface area contributed by atoms with Crippen LogP contribution in [0.4, 0.5) is 0 Å². The number of hydrogen-bond donors (Lipinski definition) is 3. The van der Waals surface area contributed by atoms with E-state index in [9.17, 15) is 20.1 Å². The zero-order valence-corrected chi connectivity index (χ0v) is 28.1. The van der Waals surface area contributed by atoms with E-state index in [1.165, 1.54) is 64.2 Å². The second kappa shape index (κ2) is 21.7. The van der Waals surface area contributed by atoms with Crippen molar-refractivity contribution in [2.45, 2.75) is 217 Å². The van der Waals surface area contributed by atoms with Crippen LogP contribution in [-0.2, 0) is 19.0 Å². The largest absolute Gasteiger partial charge is 0.455 e. The molecule has 0 aromatic carbocycles. The molecule has 0 aromatic rings. The third kappa shape index (κ3) is 14.2. The van der Waals surface area contributed by atoms with Crippen molar-refractivity contribution in [1.29, 1.82) is 0 Å². The average Bonchev–Trinajstić information content (AvgIpc) is 3.75. The molecule has 2 saturated heterocycles. The first-order valence-electron chi connectivity index (χ1n) is 18.6. The summed E-state index contributed by atoms with van der Waals surface area (Å²) in [5.41, 5.74) is 0.599. The van der Waals surface area contributed by atoms with Crippen LogP contribution in [0, 0.1) is 0 Å². The standard InChI is InChI=1S/C37H66O7/c1-3-4-5-6-7-8-9-10-11-14-17-20-31(39)33-22-24-35(43-33)36-25-23-34(44-36)32(40)21-18-15-12-13-16-19-30(38)27-29-26-28(2)42-37(29)41/h26,28,30-36,38-40H,3-25,27H2,1-2H3/t28-,30+,31-,32+,33+,34+,35+,36+/m0/s1. The highest BCUT2D eigenvalue weighted by molar-refractivity contribution is 5.90. The van der Waals surface area contributed by atoms with Gasteiger partial charge in [-0.1, -0.05) is 110 Å². The summed E-state index contributed by atoms with van der Waals surface area (Å²) in [5, 5.41) is 31.7. The van der Waals surface area contributed by atoms with Gasteiger partial charge in [0.05, 0.1) is 42.7 Å². The summed E-state index contributed by atoms with van der Waals surface area (Å²) in [7, 11) is 0. The van der Waals surface area contributed by atoms with E-state index in [-0.39, 0.29) is 42.6 Å². The van der Waals surface area contributed by atoms with E-state index < -0.39 is 12.2 Å². The normalized spacial score (nSPS) is 27.4. The van der Waals surface area contributed by atoms with E-state index in [1.54, 1.807) is 6.08 Å². The molecule has 0 spiro atoms. The summed E-state index contributed by atoms with van der Waals surface area (Å²) in [4.78, 5) is 11.7. The Labute approximate surface area is 268 Å². The highest BCUT2D eigenvalue weighted by atomic mass is 16.6. The van der Waals surface area contributed by atoms with E-state index >= 15 is 0 Å². The lowest BCUT2D eigenvalue weighted by Gasteiger charge is -2.24. The van der Waals surface area contributed by atoms with Gasteiger partial charge in [0.1, 0.15) is 6.10 Å². The Morgan fingerprint density at radius 3 is 1.52 bits per heavy atom. The molecule has 3 aliphatic heterocycles. The minimum Gasteiger partial charge on any atom is -0.455 e. The quantitative estimate of drug-likeness (QED) is 0.0703. The van der Waals surface area contributed by atoms with Crippen molar-refractivity contribution >= 4 is 5.97 Å². The topological polar surface area (TPSA) is 105 Å². The van der Waals surface area contributed by atoms with Crippen molar-refractivity contribution in [3.05, 3.63) is 11.6 Å². The molecule has 2 fully saturated rings. The number of carbonyl (C=O) groups excluding carboxylic acids is 1. The van der Waals surface area contributed by atoms with Crippen molar-refractivity contribution in [2.75, 3.05) is 0 Å². The Hall–Kier alpha value is -0.990. The summed E-state index contributed by atoms with van der Waals surface area (Å²) in [5.74, 6) is -0.295.